The van der Waals surface area contributed by atoms with Gasteiger partial charge in [0.1, 0.15) is 16.9 Å². The molecule has 1 N–H and O–H groups in total. The first kappa shape index (κ1) is 19.0. The van der Waals surface area contributed by atoms with Crippen LogP contribution in [0.5, 0.6) is 11.5 Å². The predicted molar refractivity (Wildman–Crippen MR) is 113 cm³/mol. The minimum Gasteiger partial charge on any atom is -0.506 e. The number of aromatic hydroxyl groups is 1. The Kier molecular flexibility index (Phi) is 4.15. The Labute approximate surface area is 175 Å². The lowest BCUT2D eigenvalue weighted by Gasteiger charge is -2.28. The first-order valence-corrected chi connectivity index (χ1v) is 9.74. The SMILES string of the molecule is CC(=O)c1c2c(c3oc(=O)cc(C)c3c1O)[C@@H](c1ccc3ncccc3c1)CC(=O)O2. The monoisotopic (exact) mass is 415 g/mol. The highest BCUT2D eigenvalue weighted by Crippen LogP contribution is 2.49. The van der Waals surface area contributed by atoms with Gasteiger partial charge in [-0.05, 0) is 43.2 Å². The Bertz CT molecular complexity index is 1480. The van der Waals surface area contributed by atoms with E-state index in [1.54, 1.807) is 13.1 Å². The highest BCUT2D eigenvalue weighted by Gasteiger charge is 2.37. The minimum atomic E-state index is -0.597. The smallest absolute Gasteiger partial charge is 0.336 e. The second-order valence-corrected chi connectivity index (χ2v) is 7.66. The largest absolute Gasteiger partial charge is 0.506 e. The number of Topliss-reactive ketones (excluding diaryl/α,β-unsaturated/α-hetero) is 1. The number of fused-ring (bicyclic) bond motifs is 4. The third-order valence-electron chi connectivity index (χ3n) is 5.66. The van der Waals surface area contributed by atoms with Gasteiger partial charge in [-0.15, -0.1) is 0 Å². The predicted octanol–water partition coefficient (Wildman–Crippen LogP) is 4.00. The van der Waals surface area contributed by atoms with Crippen LogP contribution in [0.2, 0.25) is 0 Å². The minimum absolute atomic E-state index is 0.00631. The zero-order chi connectivity index (χ0) is 21.9. The second kappa shape index (κ2) is 6.77. The third-order valence-corrected chi connectivity index (χ3v) is 5.66. The Balaban J connectivity index is 1.91. The molecule has 1 aliphatic rings. The van der Waals surface area contributed by atoms with Crippen molar-refractivity contribution in [2.24, 2.45) is 0 Å². The molecule has 2 aromatic carbocycles. The maximum absolute atomic E-state index is 12.5. The van der Waals surface area contributed by atoms with Crippen molar-refractivity contribution in [3.05, 3.63) is 75.3 Å². The molecule has 0 amide bonds. The van der Waals surface area contributed by atoms with Crippen LogP contribution in [-0.4, -0.2) is 21.8 Å². The van der Waals surface area contributed by atoms with Crippen LogP contribution in [0.4, 0.5) is 0 Å². The number of hydrogen-bond acceptors (Lipinski definition) is 7. The number of ether oxygens (including phenoxy) is 1. The van der Waals surface area contributed by atoms with Gasteiger partial charge >= 0.3 is 11.6 Å². The Hall–Kier alpha value is -4.00. The summed E-state index contributed by atoms with van der Waals surface area (Å²) in [6, 6.07) is 10.6. The van der Waals surface area contributed by atoms with Crippen molar-refractivity contribution in [1.82, 2.24) is 4.98 Å². The summed E-state index contributed by atoms with van der Waals surface area (Å²) in [5, 5.41) is 12.0. The lowest BCUT2D eigenvalue weighted by Crippen LogP contribution is -2.23. The molecule has 4 aromatic rings. The van der Waals surface area contributed by atoms with Crippen molar-refractivity contribution in [2.75, 3.05) is 0 Å². The van der Waals surface area contributed by atoms with Crippen LogP contribution in [0.1, 0.15) is 46.3 Å². The molecule has 31 heavy (non-hydrogen) atoms. The molecule has 1 atom stereocenters. The lowest BCUT2D eigenvalue weighted by molar-refractivity contribution is -0.135. The van der Waals surface area contributed by atoms with Gasteiger partial charge in [-0.3, -0.25) is 14.6 Å². The molecule has 0 radical (unpaired) electrons. The van der Waals surface area contributed by atoms with E-state index in [2.05, 4.69) is 4.98 Å². The maximum atomic E-state index is 12.5. The van der Waals surface area contributed by atoms with E-state index in [4.69, 9.17) is 9.15 Å². The molecule has 0 fully saturated rings. The number of aryl methyl sites for hydroxylation is 1. The van der Waals surface area contributed by atoms with E-state index in [1.165, 1.54) is 13.0 Å². The summed E-state index contributed by atoms with van der Waals surface area (Å²) in [7, 11) is 0. The fourth-order valence-electron chi connectivity index (χ4n) is 4.33. The van der Waals surface area contributed by atoms with Gasteiger partial charge < -0.3 is 14.3 Å². The number of carbonyl (C=O) groups is 2. The van der Waals surface area contributed by atoms with E-state index in [1.807, 2.05) is 30.3 Å². The van der Waals surface area contributed by atoms with Crippen LogP contribution >= 0.6 is 0 Å². The van der Waals surface area contributed by atoms with E-state index in [0.29, 0.717) is 11.1 Å². The molecule has 5 rings (SSSR count). The molecule has 154 valence electrons. The molecule has 0 bridgehead atoms. The molecule has 7 nitrogen and oxygen atoms in total. The number of nitrogens with zero attached hydrogens (tertiary/aromatic N) is 1. The van der Waals surface area contributed by atoms with Gasteiger partial charge in [-0.1, -0.05) is 12.1 Å². The summed E-state index contributed by atoms with van der Waals surface area (Å²) in [4.78, 5) is 41.4. The van der Waals surface area contributed by atoms with Gasteiger partial charge in [0.25, 0.3) is 0 Å². The molecule has 0 saturated heterocycles. The van der Waals surface area contributed by atoms with Gasteiger partial charge in [0, 0.05) is 29.1 Å². The standard InChI is InChI=1S/C24H17NO6/c1-11-8-17(27)30-23-19(11)22(29)20(12(2)26)24-21(23)15(10-18(28)31-24)13-5-6-16-14(9-13)4-3-7-25-16/h3-9,15,29H,10H2,1-2H3/t15-/m1/s1. The summed E-state index contributed by atoms with van der Waals surface area (Å²) in [6.07, 6.45) is 1.69. The number of benzene rings is 2. The molecular formula is C24H17NO6. The second-order valence-electron chi connectivity index (χ2n) is 7.66. The highest BCUT2D eigenvalue weighted by molar-refractivity contribution is 6.09. The molecule has 1 aliphatic heterocycles. The van der Waals surface area contributed by atoms with Crippen LogP contribution in [0.25, 0.3) is 21.9 Å². The first-order chi connectivity index (χ1) is 14.8. The van der Waals surface area contributed by atoms with E-state index in [0.717, 1.165) is 16.5 Å². The van der Waals surface area contributed by atoms with Crippen molar-refractivity contribution in [2.45, 2.75) is 26.2 Å². The van der Waals surface area contributed by atoms with Gasteiger partial charge in [0.15, 0.2) is 11.5 Å². The van der Waals surface area contributed by atoms with Crippen molar-refractivity contribution >= 4 is 33.6 Å². The number of hydrogen-bond donors (Lipinski definition) is 1. The summed E-state index contributed by atoms with van der Waals surface area (Å²) in [6.45, 7) is 2.94. The number of aromatic nitrogens is 1. The molecule has 0 saturated carbocycles. The van der Waals surface area contributed by atoms with E-state index < -0.39 is 23.3 Å². The number of phenolic OH excluding ortho intramolecular Hbond substituents is 1. The Morgan fingerprint density at radius 3 is 2.77 bits per heavy atom. The van der Waals surface area contributed by atoms with Gasteiger partial charge in [0.2, 0.25) is 0 Å². The van der Waals surface area contributed by atoms with Crippen LogP contribution in [-0.2, 0) is 4.79 Å². The molecule has 7 heteroatoms. The number of phenols is 1. The number of pyridine rings is 1. The van der Waals surface area contributed by atoms with Crippen molar-refractivity contribution < 1.29 is 23.8 Å². The van der Waals surface area contributed by atoms with E-state index in [9.17, 15) is 19.5 Å². The molecular weight excluding hydrogens is 398 g/mol. The van der Waals surface area contributed by atoms with Gasteiger partial charge in [0.05, 0.1) is 17.3 Å². The van der Waals surface area contributed by atoms with Crippen LogP contribution in [0.3, 0.4) is 0 Å². The third kappa shape index (κ3) is 2.89. The van der Waals surface area contributed by atoms with E-state index in [-0.39, 0.29) is 34.5 Å². The first-order valence-electron chi connectivity index (χ1n) is 9.74. The van der Waals surface area contributed by atoms with Crippen LogP contribution in [0, 0.1) is 6.92 Å². The van der Waals surface area contributed by atoms with Crippen molar-refractivity contribution in [1.29, 1.82) is 0 Å². The Morgan fingerprint density at radius 2 is 2.00 bits per heavy atom. The summed E-state index contributed by atoms with van der Waals surface area (Å²) in [5.74, 6) is -1.96. The van der Waals surface area contributed by atoms with Gasteiger partial charge in [-0.25, -0.2) is 4.79 Å². The topological polar surface area (TPSA) is 107 Å². The Morgan fingerprint density at radius 1 is 1.19 bits per heavy atom. The number of carbonyl (C=O) groups excluding carboxylic acids is 2. The zero-order valence-corrected chi connectivity index (χ0v) is 16.8. The van der Waals surface area contributed by atoms with Crippen molar-refractivity contribution in [3.63, 3.8) is 0 Å². The fraction of sp³-hybridized carbons (Fsp3) is 0.167. The maximum Gasteiger partial charge on any atom is 0.336 e. The normalized spacial score (nSPS) is 15.7. The molecule has 3 heterocycles. The molecule has 2 aromatic heterocycles. The quantitative estimate of drug-likeness (QED) is 0.228. The van der Waals surface area contributed by atoms with Gasteiger partial charge in [-0.2, -0.15) is 0 Å². The summed E-state index contributed by atoms with van der Waals surface area (Å²) >= 11 is 0. The lowest BCUT2D eigenvalue weighted by atomic mass is 9.82. The van der Waals surface area contributed by atoms with Crippen LogP contribution in [0.15, 0.2) is 51.8 Å². The summed E-state index contributed by atoms with van der Waals surface area (Å²) in [5.41, 5.74) is 1.87. The average Bonchev–Trinajstić information content (AvgIpc) is 2.71. The number of rotatable bonds is 2. The summed E-state index contributed by atoms with van der Waals surface area (Å²) < 4.78 is 10.9. The molecule has 0 aliphatic carbocycles. The molecule has 0 unspecified atom stereocenters. The fourth-order valence-corrected chi connectivity index (χ4v) is 4.33. The number of esters is 1. The van der Waals surface area contributed by atoms with Crippen LogP contribution < -0.4 is 10.4 Å². The molecule has 0 spiro atoms. The average molecular weight is 415 g/mol. The zero-order valence-electron chi connectivity index (χ0n) is 16.8. The van der Waals surface area contributed by atoms with E-state index >= 15 is 0 Å². The number of ketones is 1. The van der Waals surface area contributed by atoms with Crippen molar-refractivity contribution in [3.8, 4) is 11.5 Å². The highest BCUT2D eigenvalue weighted by atomic mass is 16.5.